The molecule has 0 bridgehead atoms. The van der Waals surface area contributed by atoms with Crippen molar-refractivity contribution in [2.75, 3.05) is 40.2 Å². The molecule has 0 spiro atoms. The van der Waals surface area contributed by atoms with E-state index in [1.165, 1.54) is 12.1 Å². The van der Waals surface area contributed by atoms with Crippen molar-refractivity contribution < 1.29 is 28.1 Å². The summed E-state index contributed by atoms with van der Waals surface area (Å²) in [5.74, 6) is 0.733. The van der Waals surface area contributed by atoms with Gasteiger partial charge in [-0.2, -0.15) is 0 Å². The SMILES string of the molecule is COc1ccccc1.Clc1ccccc1.O=C(c1cc2c(cc1F)OCO2)N1CCOCC1. The first-order valence-electron chi connectivity index (χ1n) is 10.3. The zero-order chi connectivity index (χ0) is 23.5. The molecule has 0 N–H and O–H groups in total. The molecule has 1 saturated heterocycles. The maximum Gasteiger partial charge on any atom is 0.257 e. The van der Waals surface area contributed by atoms with E-state index in [0.29, 0.717) is 37.8 Å². The van der Waals surface area contributed by atoms with Crippen LogP contribution in [0.2, 0.25) is 5.02 Å². The minimum absolute atomic E-state index is 0.0150. The van der Waals surface area contributed by atoms with Gasteiger partial charge in [-0.25, -0.2) is 4.39 Å². The van der Waals surface area contributed by atoms with Crippen molar-refractivity contribution in [2.24, 2.45) is 0 Å². The molecule has 6 nitrogen and oxygen atoms in total. The second-order valence-electron chi connectivity index (χ2n) is 6.90. The maximum absolute atomic E-state index is 13.8. The number of para-hydroxylation sites is 1. The fourth-order valence-electron chi connectivity index (χ4n) is 2.99. The average Bonchev–Trinajstić information content (AvgIpc) is 3.32. The Bertz CT molecular complexity index is 1010. The van der Waals surface area contributed by atoms with E-state index in [-0.39, 0.29) is 18.3 Å². The lowest BCUT2D eigenvalue weighted by atomic mass is 10.1. The molecule has 2 heterocycles. The Hall–Kier alpha value is -3.29. The number of carbonyl (C=O) groups is 1. The normalized spacial score (nSPS) is 13.7. The molecule has 0 aromatic heterocycles. The predicted molar refractivity (Wildman–Crippen MR) is 124 cm³/mol. The number of hydrogen-bond donors (Lipinski definition) is 0. The van der Waals surface area contributed by atoms with Crippen molar-refractivity contribution in [2.45, 2.75) is 0 Å². The molecule has 0 unspecified atom stereocenters. The highest BCUT2D eigenvalue weighted by Gasteiger charge is 2.25. The van der Waals surface area contributed by atoms with Crippen LogP contribution in [0.25, 0.3) is 0 Å². The smallest absolute Gasteiger partial charge is 0.257 e. The molecule has 0 radical (unpaired) electrons. The fourth-order valence-corrected chi connectivity index (χ4v) is 3.13. The van der Waals surface area contributed by atoms with Gasteiger partial charge in [-0.1, -0.05) is 48.0 Å². The molecule has 3 aromatic rings. The van der Waals surface area contributed by atoms with Crippen LogP contribution in [0.4, 0.5) is 4.39 Å². The number of hydrogen-bond acceptors (Lipinski definition) is 5. The van der Waals surface area contributed by atoms with Gasteiger partial charge in [0.1, 0.15) is 11.6 Å². The Morgan fingerprint density at radius 2 is 1.52 bits per heavy atom. The molecule has 0 saturated carbocycles. The molecule has 1 amide bonds. The van der Waals surface area contributed by atoms with Gasteiger partial charge in [0.25, 0.3) is 5.91 Å². The van der Waals surface area contributed by atoms with E-state index in [2.05, 4.69) is 0 Å². The zero-order valence-electron chi connectivity index (χ0n) is 18.2. The molecule has 3 aromatic carbocycles. The third kappa shape index (κ3) is 7.37. The Morgan fingerprint density at radius 1 is 0.939 bits per heavy atom. The number of ether oxygens (including phenoxy) is 4. The van der Waals surface area contributed by atoms with Crippen LogP contribution in [0, 0.1) is 5.82 Å². The molecular formula is C25H25ClFNO5. The average molecular weight is 474 g/mol. The molecule has 174 valence electrons. The highest BCUT2D eigenvalue weighted by Crippen LogP contribution is 2.34. The molecule has 8 heteroatoms. The van der Waals surface area contributed by atoms with Crippen LogP contribution >= 0.6 is 11.6 Å². The number of methoxy groups -OCH3 is 1. The summed E-state index contributed by atoms with van der Waals surface area (Å²) < 4.78 is 34.1. The molecule has 2 aliphatic rings. The summed E-state index contributed by atoms with van der Waals surface area (Å²) in [5, 5.41) is 0.794. The van der Waals surface area contributed by atoms with Gasteiger partial charge in [0, 0.05) is 24.2 Å². The topological polar surface area (TPSA) is 57.2 Å². The van der Waals surface area contributed by atoms with Crippen LogP contribution in [-0.4, -0.2) is 51.0 Å². The molecule has 0 aliphatic carbocycles. The third-order valence-corrected chi connectivity index (χ3v) is 4.95. The summed E-state index contributed by atoms with van der Waals surface area (Å²) in [7, 11) is 1.66. The lowest BCUT2D eigenvalue weighted by molar-refractivity contribution is 0.0299. The van der Waals surface area contributed by atoms with Crippen molar-refractivity contribution in [3.63, 3.8) is 0 Å². The van der Waals surface area contributed by atoms with E-state index in [9.17, 15) is 9.18 Å². The monoisotopic (exact) mass is 473 g/mol. The summed E-state index contributed by atoms with van der Waals surface area (Å²) in [6.07, 6.45) is 0. The van der Waals surface area contributed by atoms with Crippen molar-refractivity contribution in [3.8, 4) is 17.2 Å². The van der Waals surface area contributed by atoms with Crippen LogP contribution in [0.15, 0.2) is 72.8 Å². The minimum Gasteiger partial charge on any atom is -0.497 e. The first kappa shape index (κ1) is 24.4. The van der Waals surface area contributed by atoms with Gasteiger partial charge in [-0.15, -0.1) is 0 Å². The van der Waals surface area contributed by atoms with E-state index in [4.69, 9.17) is 30.5 Å². The van der Waals surface area contributed by atoms with Crippen molar-refractivity contribution >= 4 is 17.5 Å². The van der Waals surface area contributed by atoms with Crippen LogP contribution in [0.1, 0.15) is 10.4 Å². The minimum atomic E-state index is -0.587. The summed E-state index contributed by atoms with van der Waals surface area (Å²) >= 11 is 5.54. The molecule has 0 atom stereocenters. The van der Waals surface area contributed by atoms with Crippen molar-refractivity contribution in [3.05, 3.63) is 89.2 Å². The van der Waals surface area contributed by atoms with Gasteiger partial charge in [0.2, 0.25) is 6.79 Å². The fraction of sp³-hybridized carbons (Fsp3) is 0.240. The number of morpholine rings is 1. The highest BCUT2D eigenvalue weighted by atomic mass is 35.5. The van der Waals surface area contributed by atoms with E-state index >= 15 is 0 Å². The molecule has 33 heavy (non-hydrogen) atoms. The summed E-state index contributed by atoms with van der Waals surface area (Å²) in [6, 6.07) is 21.7. The molecular weight excluding hydrogens is 449 g/mol. The van der Waals surface area contributed by atoms with Crippen LogP contribution in [-0.2, 0) is 4.74 Å². The van der Waals surface area contributed by atoms with E-state index < -0.39 is 5.82 Å². The Labute approximate surface area is 197 Å². The largest absolute Gasteiger partial charge is 0.497 e. The number of halogens is 2. The quantitative estimate of drug-likeness (QED) is 0.520. The van der Waals surface area contributed by atoms with Gasteiger partial charge in [-0.3, -0.25) is 4.79 Å². The second-order valence-corrected chi connectivity index (χ2v) is 7.34. The predicted octanol–water partition coefficient (Wildman–Crippen LogP) is 5.06. The Kier molecular flexibility index (Phi) is 9.35. The number of rotatable bonds is 2. The summed E-state index contributed by atoms with van der Waals surface area (Å²) in [6.45, 7) is 1.99. The van der Waals surface area contributed by atoms with Crippen LogP contribution in [0.5, 0.6) is 17.2 Å². The molecule has 1 fully saturated rings. The van der Waals surface area contributed by atoms with Gasteiger partial charge in [-0.05, 0) is 30.3 Å². The molecule has 5 rings (SSSR count). The molecule has 2 aliphatic heterocycles. The number of carbonyl (C=O) groups excluding carboxylic acids is 1. The second kappa shape index (κ2) is 12.7. The number of nitrogens with zero attached hydrogens (tertiary/aromatic N) is 1. The first-order chi connectivity index (χ1) is 16.1. The summed E-state index contributed by atoms with van der Waals surface area (Å²) in [5.41, 5.74) is 0.0150. The van der Waals surface area contributed by atoms with E-state index in [1.807, 2.05) is 60.7 Å². The summed E-state index contributed by atoms with van der Waals surface area (Å²) in [4.78, 5) is 13.7. The lowest BCUT2D eigenvalue weighted by Crippen LogP contribution is -2.41. The van der Waals surface area contributed by atoms with Crippen molar-refractivity contribution in [1.29, 1.82) is 0 Å². The number of fused-ring (bicyclic) bond motifs is 1. The highest BCUT2D eigenvalue weighted by molar-refractivity contribution is 6.30. The van der Waals surface area contributed by atoms with Crippen LogP contribution in [0.3, 0.4) is 0 Å². The Morgan fingerprint density at radius 3 is 2.03 bits per heavy atom. The van der Waals surface area contributed by atoms with Gasteiger partial charge in [0.05, 0.1) is 25.9 Å². The van der Waals surface area contributed by atoms with Gasteiger partial charge < -0.3 is 23.8 Å². The first-order valence-corrected chi connectivity index (χ1v) is 10.7. The van der Waals surface area contributed by atoms with E-state index in [1.54, 1.807) is 12.0 Å². The van der Waals surface area contributed by atoms with Gasteiger partial charge in [0.15, 0.2) is 11.5 Å². The number of amides is 1. The maximum atomic E-state index is 13.8. The standard InChI is InChI=1S/C12H12FNO4.C7H8O.C6H5Cl/c13-9-6-11-10(17-7-18-11)5-8(9)12(15)14-1-3-16-4-2-14;1-8-7-5-3-2-4-6-7;7-6-4-2-1-3-5-6/h5-6H,1-4,7H2;2-6H,1H3;1-5H. The van der Waals surface area contributed by atoms with Crippen LogP contribution < -0.4 is 14.2 Å². The van der Waals surface area contributed by atoms with E-state index in [0.717, 1.165) is 10.8 Å². The third-order valence-electron chi connectivity index (χ3n) is 4.70. The number of benzene rings is 3. The lowest BCUT2D eigenvalue weighted by Gasteiger charge is -2.27. The zero-order valence-corrected chi connectivity index (χ0v) is 19.0. The van der Waals surface area contributed by atoms with Crippen molar-refractivity contribution in [1.82, 2.24) is 4.90 Å². The Balaban J connectivity index is 0.000000168. The van der Waals surface area contributed by atoms with Gasteiger partial charge >= 0.3 is 0 Å².